The first kappa shape index (κ1) is 23.4. The lowest BCUT2D eigenvalue weighted by atomic mass is 10.0. The first-order valence-electron chi connectivity index (χ1n) is 11.6. The number of likely N-dealkylation sites (N-methyl/N-ethyl adjacent to an activating group) is 1. The number of hydrogen-bond acceptors (Lipinski definition) is 4. The third-order valence-electron chi connectivity index (χ3n) is 6.00. The summed E-state index contributed by atoms with van der Waals surface area (Å²) >= 11 is 0. The highest BCUT2D eigenvalue weighted by molar-refractivity contribution is 6.20. The van der Waals surface area contributed by atoms with Crippen LogP contribution in [0.4, 0.5) is 5.69 Å². The van der Waals surface area contributed by atoms with Crippen LogP contribution in [0.2, 0.25) is 0 Å². The molecule has 0 saturated carbocycles. The molecule has 2 atom stereocenters. The van der Waals surface area contributed by atoms with Crippen LogP contribution in [0.25, 0.3) is 0 Å². The number of benzene rings is 3. The molecule has 0 bridgehead atoms. The Hall–Kier alpha value is -3.77. The SMILES string of the molecule is CC(NCCCc1ccccc1)C(=O)N[C@H]1N=C(c2ccccc2)c2ccccc2N(C)C1=O. The minimum atomic E-state index is -1.01. The lowest BCUT2D eigenvalue weighted by Gasteiger charge is -2.22. The molecule has 6 heteroatoms. The number of fused-ring (bicyclic) bond motifs is 1. The Kier molecular flexibility index (Phi) is 7.50. The number of hydrogen-bond donors (Lipinski definition) is 2. The molecule has 4 rings (SSSR count). The summed E-state index contributed by atoms with van der Waals surface area (Å²) in [6.07, 6.45) is 0.851. The standard InChI is InChI=1S/C28H30N4O2/c1-20(29-19-11-14-21-12-5-3-6-13-21)27(33)31-26-28(34)32(2)24-18-10-9-17-23(24)25(30-26)22-15-7-4-8-16-22/h3-10,12-13,15-18,20,26,29H,11,14,19H2,1-2H3,(H,31,33)/t20?,26-/m1/s1. The largest absolute Gasteiger partial charge is 0.325 e. The third kappa shape index (κ3) is 5.41. The van der Waals surface area contributed by atoms with Crippen molar-refractivity contribution >= 4 is 23.2 Å². The van der Waals surface area contributed by atoms with Crippen molar-refractivity contribution in [2.75, 3.05) is 18.5 Å². The minimum absolute atomic E-state index is 0.256. The molecule has 0 fully saturated rings. The minimum Gasteiger partial charge on any atom is -0.325 e. The number of benzodiazepines with no additional fused rings is 1. The van der Waals surface area contributed by atoms with Crippen LogP contribution >= 0.6 is 0 Å². The number of para-hydroxylation sites is 1. The van der Waals surface area contributed by atoms with Crippen molar-refractivity contribution in [2.24, 2.45) is 4.99 Å². The van der Waals surface area contributed by atoms with Gasteiger partial charge >= 0.3 is 0 Å². The molecule has 2 N–H and O–H groups in total. The van der Waals surface area contributed by atoms with Gasteiger partial charge in [-0.05, 0) is 37.9 Å². The van der Waals surface area contributed by atoms with E-state index in [9.17, 15) is 9.59 Å². The monoisotopic (exact) mass is 454 g/mol. The van der Waals surface area contributed by atoms with Crippen LogP contribution in [0.15, 0.2) is 89.9 Å². The van der Waals surface area contributed by atoms with E-state index in [1.807, 2.05) is 72.8 Å². The predicted molar refractivity (Wildman–Crippen MR) is 136 cm³/mol. The van der Waals surface area contributed by atoms with Gasteiger partial charge in [-0.15, -0.1) is 0 Å². The molecule has 0 aromatic heterocycles. The van der Waals surface area contributed by atoms with Crippen LogP contribution < -0.4 is 15.5 Å². The third-order valence-corrected chi connectivity index (χ3v) is 6.00. The molecule has 1 heterocycles. The quantitative estimate of drug-likeness (QED) is 0.511. The number of anilines is 1. The second-order valence-corrected chi connectivity index (χ2v) is 8.43. The van der Waals surface area contributed by atoms with Crippen LogP contribution in [-0.2, 0) is 16.0 Å². The zero-order valence-electron chi connectivity index (χ0n) is 19.6. The van der Waals surface area contributed by atoms with E-state index in [0.29, 0.717) is 12.3 Å². The summed E-state index contributed by atoms with van der Waals surface area (Å²) in [6.45, 7) is 2.51. The summed E-state index contributed by atoms with van der Waals surface area (Å²) in [5, 5.41) is 6.11. The number of nitrogens with zero attached hydrogens (tertiary/aromatic N) is 2. The number of amides is 2. The molecule has 2 amide bonds. The highest BCUT2D eigenvalue weighted by atomic mass is 16.2. The molecular weight excluding hydrogens is 424 g/mol. The molecular formula is C28H30N4O2. The van der Waals surface area contributed by atoms with E-state index >= 15 is 0 Å². The number of aryl methyl sites for hydroxylation is 1. The van der Waals surface area contributed by atoms with Crippen LogP contribution in [-0.4, -0.2) is 43.3 Å². The molecule has 0 radical (unpaired) electrons. The fourth-order valence-corrected chi connectivity index (χ4v) is 4.05. The Bertz CT molecular complexity index is 1160. The van der Waals surface area contributed by atoms with E-state index in [-0.39, 0.29) is 11.8 Å². The average Bonchev–Trinajstić information content (AvgIpc) is 2.98. The van der Waals surface area contributed by atoms with Gasteiger partial charge in [0.2, 0.25) is 12.1 Å². The molecule has 1 aliphatic rings. The molecule has 3 aromatic carbocycles. The van der Waals surface area contributed by atoms with Gasteiger partial charge in [-0.25, -0.2) is 4.99 Å². The van der Waals surface area contributed by atoms with E-state index in [0.717, 1.165) is 29.7 Å². The Balaban J connectivity index is 1.47. The second-order valence-electron chi connectivity index (χ2n) is 8.43. The summed E-state index contributed by atoms with van der Waals surface area (Å²) in [4.78, 5) is 32.5. The number of nitrogens with one attached hydrogen (secondary N) is 2. The second kappa shape index (κ2) is 10.9. The Morgan fingerprint density at radius 1 is 0.971 bits per heavy atom. The Morgan fingerprint density at radius 3 is 2.35 bits per heavy atom. The van der Waals surface area contributed by atoms with Gasteiger partial charge in [0, 0.05) is 18.2 Å². The van der Waals surface area contributed by atoms with Crippen molar-refractivity contribution in [3.8, 4) is 0 Å². The molecule has 1 aliphatic heterocycles. The van der Waals surface area contributed by atoms with Crippen LogP contribution in [0.5, 0.6) is 0 Å². The molecule has 1 unspecified atom stereocenters. The van der Waals surface area contributed by atoms with Gasteiger partial charge in [-0.3, -0.25) is 9.59 Å². The summed E-state index contributed by atoms with van der Waals surface area (Å²) in [5.74, 6) is -0.531. The molecule has 3 aromatic rings. The maximum atomic E-state index is 13.2. The Morgan fingerprint density at radius 2 is 1.62 bits per heavy atom. The zero-order valence-corrected chi connectivity index (χ0v) is 19.6. The van der Waals surface area contributed by atoms with Gasteiger partial charge in [0.15, 0.2) is 0 Å². The van der Waals surface area contributed by atoms with Crippen molar-refractivity contribution in [3.05, 3.63) is 102 Å². The van der Waals surface area contributed by atoms with Crippen molar-refractivity contribution in [2.45, 2.75) is 32.0 Å². The van der Waals surface area contributed by atoms with Gasteiger partial charge in [-0.1, -0.05) is 78.9 Å². The Labute approximate surface area is 200 Å². The zero-order chi connectivity index (χ0) is 23.9. The van der Waals surface area contributed by atoms with E-state index in [2.05, 4.69) is 22.8 Å². The van der Waals surface area contributed by atoms with Crippen LogP contribution in [0.3, 0.4) is 0 Å². The van der Waals surface area contributed by atoms with Gasteiger partial charge in [0.05, 0.1) is 17.4 Å². The van der Waals surface area contributed by atoms with Gasteiger partial charge in [0.25, 0.3) is 5.91 Å². The number of aliphatic imine (C=N–C) groups is 1. The summed E-state index contributed by atoms with van der Waals surface area (Å²) in [6, 6.07) is 27.2. The fourth-order valence-electron chi connectivity index (χ4n) is 4.05. The average molecular weight is 455 g/mol. The van der Waals surface area contributed by atoms with E-state index in [1.54, 1.807) is 18.9 Å². The molecule has 0 saturated heterocycles. The van der Waals surface area contributed by atoms with Crippen LogP contribution in [0.1, 0.15) is 30.0 Å². The topological polar surface area (TPSA) is 73.8 Å². The normalized spacial score (nSPS) is 16.3. The molecule has 6 nitrogen and oxygen atoms in total. The maximum absolute atomic E-state index is 13.2. The maximum Gasteiger partial charge on any atom is 0.272 e. The van der Waals surface area contributed by atoms with Gasteiger partial charge < -0.3 is 15.5 Å². The number of carbonyl (C=O) groups excluding carboxylic acids is 2. The van der Waals surface area contributed by atoms with Crippen molar-refractivity contribution in [1.29, 1.82) is 0 Å². The van der Waals surface area contributed by atoms with Crippen molar-refractivity contribution in [3.63, 3.8) is 0 Å². The smallest absolute Gasteiger partial charge is 0.272 e. The molecule has 34 heavy (non-hydrogen) atoms. The van der Waals surface area contributed by atoms with Crippen molar-refractivity contribution in [1.82, 2.24) is 10.6 Å². The highest BCUT2D eigenvalue weighted by Crippen LogP contribution is 2.27. The first-order valence-corrected chi connectivity index (χ1v) is 11.6. The van der Waals surface area contributed by atoms with Gasteiger partial charge in [0.1, 0.15) is 0 Å². The van der Waals surface area contributed by atoms with E-state index in [4.69, 9.17) is 4.99 Å². The molecule has 0 aliphatic carbocycles. The highest BCUT2D eigenvalue weighted by Gasteiger charge is 2.31. The lowest BCUT2D eigenvalue weighted by molar-refractivity contribution is -0.128. The number of carbonyl (C=O) groups is 2. The molecule has 174 valence electrons. The summed E-state index contributed by atoms with van der Waals surface area (Å²) in [5.41, 5.74) is 4.47. The number of rotatable bonds is 8. The lowest BCUT2D eigenvalue weighted by Crippen LogP contribution is -2.51. The van der Waals surface area contributed by atoms with E-state index < -0.39 is 12.2 Å². The summed E-state index contributed by atoms with van der Waals surface area (Å²) < 4.78 is 0. The van der Waals surface area contributed by atoms with Gasteiger partial charge in [-0.2, -0.15) is 0 Å². The molecule has 0 spiro atoms. The fraction of sp³-hybridized carbons (Fsp3) is 0.250. The predicted octanol–water partition coefficient (Wildman–Crippen LogP) is 3.55. The van der Waals surface area contributed by atoms with Crippen molar-refractivity contribution < 1.29 is 9.59 Å². The van der Waals surface area contributed by atoms with Crippen LogP contribution in [0, 0.1) is 0 Å². The summed E-state index contributed by atoms with van der Waals surface area (Å²) in [7, 11) is 1.72. The van der Waals surface area contributed by atoms with E-state index in [1.165, 1.54) is 5.56 Å². The first-order chi connectivity index (χ1) is 16.5.